The van der Waals surface area contributed by atoms with Gasteiger partial charge >= 0.3 is 5.90 Å². The third-order valence-electron chi connectivity index (χ3n) is 3.61. The number of hydrogen-bond donors (Lipinski definition) is 0. The fraction of sp³-hybridized carbons (Fsp3) is 0.727. The summed E-state index contributed by atoms with van der Waals surface area (Å²) in [5, 5.41) is 0. The van der Waals surface area contributed by atoms with Crippen LogP contribution in [0.25, 0.3) is 0 Å². The second-order valence-corrected chi connectivity index (χ2v) is 4.70. The van der Waals surface area contributed by atoms with Crippen LogP contribution >= 0.6 is 15.9 Å². The molecular weight excluding hydrogens is 322 g/mol. The van der Waals surface area contributed by atoms with E-state index >= 15 is 0 Å². The molecule has 2 aliphatic rings. The molecule has 0 saturated heterocycles. The van der Waals surface area contributed by atoms with E-state index in [2.05, 4.69) is 27.6 Å². The highest BCUT2D eigenvalue weighted by Crippen LogP contribution is 2.41. The van der Waals surface area contributed by atoms with Gasteiger partial charge in [0.2, 0.25) is 5.54 Å². The minimum atomic E-state index is 0. The van der Waals surface area contributed by atoms with Crippen LogP contribution in [0.2, 0.25) is 0 Å². The first-order valence-electron chi connectivity index (χ1n) is 5.27. The minimum absolute atomic E-state index is 0. The largest absolute Gasteiger partial charge is 1.00 e. The smallest absolute Gasteiger partial charge is 0.339 e. The van der Waals surface area contributed by atoms with Crippen molar-refractivity contribution in [2.75, 3.05) is 7.05 Å². The van der Waals surface area contributed by atoms with E-state index < -0.39 is 0 Å². The van der Waals surface area contributed by atoms with Gasteiger partial charge in [0.15, 0.2) is 5.76 Å². The third kappa shape index (κ3) is 2.03. The Morgan fingerprint density at radius 2 is 1.93 bits per heavy atom. The van der Waals surface area contributed by atoms with Gasteiger partial charge in [-0.2, -0.15) is 4.58 Å². The van der Waals surface area contributed by atoms with Crippen molar-refractivity contribution >= 4 is 21.8 Å². The molecule has 0 aromatic rings. The van der Waals surface area contributed by atoms with E-state index in [1.54, 1.807) is 0 Å². The molecule has 2 nitrogen and oxygen atoms in total. The van der Waals surface area contributed by atoms with Crippen molar-refractivity contribution < 1.29 is 26.3 Å². The molecule has 0 unspecified atom stereocenters. The molecule has 0 aromatic carbocycles. The molecule has 1 heterocycles. The number of nitrogens with zero attached hydrogens (tertiary/aromatic N) is 1. The maximum Gasteiger partial charge on any atom is 0.339 e. The lowest BCUT2D eigenvalue weighted by atomic mass is 9.80. The molecule has 1 aliphatic heterocycles. The van der Waals surface area contributed by atoms with E-state index in [4.69, 9.17) is 4.74 Å². The van der Waals surface area contributed by atoms with Crippen molar-refractivity contribution in [3.8, 4) is 0 Å². The van der Waals surface area contributed by atoms with Crippen LogP contribution in [0.5, 0.6) is 0 Å². The fourth-order valence-corrected chi connectivity index (χ4v) is 3.15. The summed E-state index contributed by atoms with van der Waals surface area (Å²) in [4.78, 5) is 1.95. The van der Waals surface area contributed by atoms with Crippen molar-refractivity contribution in [2.45, 2.75) is 44.6 Å². The van der Waals surface area contributed by atoms with Crippen molar-refractivity contribution in [3.05, 3.63) is 10.7 Å². The van der Waals surface area contributed by atoms with Crippen molar-refractivity contribution in [2.24, 2.45) is 0 Å². The standard InChI is InChI=1S/C11H17BrNO.BrH/c1-9-13(2)11(10(8-12)14-9)6-4-3-5-7-11;/h8H,3-7H2,1-2H3;1H/q+1;/p-1/b10-8-;. The molecule has 0 aromatic heterocycles. The summed E-state index contributed by atoms with van der Waals surface area (Å²) >= 11 is 3.41. The highest BCUT2D eigenvalue weighted by atomic mass is 79.9. The molecule has 0 bridgehead atoms. The van der Waals surface area contributed by atoms with Crippen molar-refractivity contribution in [3.63, 3.8) is 0 Å². The minimum Gasteiger partial charge on any atom is -1.00 e. The highest BCUT2D eigenvalue weighted by Gasteiger charge is 2.51. The summed E-state index contributed by atoms with van der Waals surface area (Å²) < 4.78 is 8.08. The van der Waals surface area contributed by atoms with Gasteiger partial charge in [0, 0.05) is 17.8 Å². The molecule has 0 atom stereocenters. The lowest BCUT2D eigenvalue weighted by molar-refractivity contribution is -0.570. The van der Waals surface area contributed by atoms with Crippen LogP contribution in [-0.4, -0.2) is 23.1 Å². The molecule has 0 amide bonds. The number of rotatable bonds is 0. The zero-order valence-corrected chi connectivity index (χ0v) is 12.4. The predicted octanol–water partition coefficient (Wildman–Crippen LogP) is 0.0205. The first kappa shape index (κ1) is 13.2. The lowest BCUT2D eigenvalue weighted by Crippen LogP contribution is -3.00. The first-order valence-corrected chi connectivity index (χ1v) is 6.18. The molecule has 1 spiro atoms. The van der Waals surface area contributed by atoms with Gasteiger partial charge < -0.3 is 21.7 Å². The number of ether oxygens (including phenoxy) is 1. The van der Waals surface area contributed by atoms with Crippen LogP contribution in [0.1, 0.15) is 39.0 Å². The quantitative estimate of drug-likeness (QED) is 0.567. The van der Waals surface area contributed by atoms with E-state index in [0.717, 1.165) is 11.7 Å². The Bertz CT molecular complexity index is 304. The molecule has 4 heteroatoms. The van der Waals surface area contributed by atoms with E-state index in [-0.39, 0.29) is 22.5 Å². The van der Waals surface area contributed by atoms with Crippen LogP contribution in [-0.2, 0) is 4.74 Å². The van der Waals surface area contributed by atoms with Crippen LogP contribution in [0.15, 0.2) is 10.7 Å². The molecule has 2 rings (SSSR count). The van der Waals surface area contributed by atoms with Gasteiger partial charge in [-0.15, -0.1) is 0 Å². The Balaban J connectivity index is 0.00000112. The molecular formula is C11H17Br2NO. The van der Waals surface area contributed by atoms with E-state index in [9.17, 15) is 0 Å². The molecule has 1 aliphatic carbocycles. The van der Waals surface area contributed by atoms with Gasteiger partial charge in [-0.1, -0.05) is 22.4 Å². The maximum atomic E-state index is 5.77. The molecule has 0 radical (unpaired) electrons. The monoisotopic (exact) mass is 337 g/mol. The van der Waals surface area contributed by atoms with Gasteiger partial charge in [-0.3, -0.25) is 0 Å². The lowest BCUT2D eigenvalue weighted by Gasteiger charge is -2.28. The van der Waals surface area contributed by atoms with Crippen molar-refractivity contribution in [1.82, 2.24) is 0 Å². The molecule has 1 saturated carbocycles. The van der Waals surface area contributed by atoms with E-state index in [0.29, 0.717) is 0 Å². The average Bonchev–Trinajstić information content (AvgIpc) is 2.45. The Hall–Kier alpha value is 0.170. The molecule has 0 N–H and O–H groups in total. The maximum absolute atomic E-state index is 5.77. The normalized spacial score (nSPS) is 26.7. The Morgan fingerprint density at radius 3 is 2.47 bits per heavy atom. The topological polar surface area (TPSA) is 12.2 Å². The third-order valence-corrected chi connectivity index (χ3v) is 4.03. The predicted molar refractivity (Wildman–Crippen MR) is 60.8 cm³/mol. The first-order chi connectivity index (χ1) is 6.70. The SMILES string of the molecule is CC1=[N+](C)C2(CCCCC2)/C(=C/Br)O1.[Br-]. The van der Waals surface area contributed by atoms with E-state index in [1.165, 1.54) is 32.1 Å². The van der Waals surface area contributed by atoms with Gasteiger partial charge in [-0.25, -0.2) is 0 Å². The molecule has 1 fully saturated rings. The van der Waals surface area contributed by atoms with Gasteiger partial charge in [-0.05, 0) is 12.8 Å². The summed E-state index contributed by atoms with van der Waals surface area (Å²) in [6.07, 6.45) is 6.43. The van der Waals surface area contributed by atoms with Crippen LogP contribution < -0.4 is 17.0 Å². The van der Waals surface area contributed by atoms with E-state index in [1.807, 2.05) is 11.9 Å². The second-order valence-electron chi connectivity index (χ2n) is 4.25. The van der Waals surface area contributed by atoms with Crippen molar-refractivity contribution in [1.29, 1.82) is 0 Å². The van der Waals surface area contributed by atoms with Crippen LogP contribution in [0, 0.1) is 0 Å². The Kier molecular flexibility index (Phi) is 4.41. The summed E-state index contributed by atoms with van der Waals surface area (Å²) in [7, 11) is 2.14. The molecule has 86 valence electrons. The number of halogens is 2. The van der Waals surface area contributed by atoms with Gasteiger partial charge in [0.25, 0.3) is 0 Å². The Morgan fingerprint density at radius 1 is 1.33 bits per heavy atom. The summed E-state index contributed by atoms with van der Waals surface area (Å²) in [5.41, 5.74) is 0.159. The fourth-order valence-electron chi connectivity index (χ4n) is 2.63. The van der Waals surface area contributed by atoms with Gasteiger partial charge in [0.1, 0.15) is 7.05 Å². The number of hydrogen-bond acceptors (Lipinski definition) is 1. The summed E-state index contributed by atoms with van der Waals surface area (Å²) in [5.74, 6) is 2.12. The average molecular weight is 339 g/mol. The summed E-state index contributed by atoms with van der Waals surface area (Å²) in [6.45, 7) is 2.04. The second kappa shape index (κ2) is 5.00. The zero-order chi connectivity index (χ0) is 10.2. The zero-order valence-electron chi connectivity index (χ0n) is 9.22. The summed E-state index contributed by atoms with van der Waals surface area (Å²) in [6, 6.07) is 0. The van der Waals surface area contributed by atoms with Crippen LogP contribution in [0.3, 0.4) is 0 Å². The molecule has 15 heavy (non-hydrogen) atoms. The van der Waals surface area contributed by atoms with Crippen LogP contribution in [0.4, 0.5) is 0 Å². The highest BCUT2D eigenvalue weighted by molar-refractivity contribution is 9.11. The Labute approximate surface area is 110 Å². The number of likely N-dealkylation sites (N-methyl/N-ethyl adjacent to an activating group) is 1. The van der Waals surface area contributed by atoms with Gasteiger partial charge in [0.05, 0.1) is 6.92 Å².